The highest BCUT2D eigenvalue weighted by atomic mass is 79.9. The summed E-state index contributed by atoms with van der Waals surface area (Å²) >= 11 is 3.36. The number of nitro benzene ring substituents is 1. The summed E-state index contributed by atoms with van der Waals surface area (Å²) in [4.78, 5) is 12.6. The fourth-order valence-corrected chi connectivity index (χ4v) is 2.36. The van der Waals surface area contributed by atoms with E-state index < -0.39 is 0 Å². The number of anilines is 1. The van der Waals surface area contributed by atoms with Gasteiger partial charge in [0, 0.05) is 23.6 Å². The smallest absolute Gasteiger partial charge is 0.293 e. The highest BCUT2D eigenvalue weighted by Gasteiger charge is 2.23. The van der Waals surface area contributed by atoms with Gasteiger partial charge in [0.15, 0.2) is 0 Å². The van der Waals surface area contributed by atoms with E-state index in [1.54, 1.807) is 6.07 Å². The molecule has 1 fully saturated rings. The summed E-state index contributed by atoms with van der Waals surface area (Å²) in [5, 5.41) is 10.9. The molecule has 5 nitrogen and oxygen atoms in total. The van der Waals surface area contributed by atoms with Crippen molar-refractivity contribution in [3.05, 3.63) is 32.8 Å². The number of nitrogens with zero attached hydrogens (tertiary/aromatic N) is 2. The number of nitro groups is 1. The third-order valence-electron chi connectivity index (χ3n) is 2.49. The molecule has 0 aliphatic carbocycles. The maximum Gasteiger partial charge on any atom is 0.293 e. The quantitative estimate of drug-likeness (QED) is 0.618. The number of hydrogen-bond acceptors (Lipinski definition) is 4. The van der Waals surface area contributed by atoms with Crippen LogP contribution in [0.15, 0.2) is 22.7 Å². The first-order valence-corrected chi connectivity index (χ1v) is 5.75. The van der Waals surface area contributed by atoms with Crippen LogP contribution in [0.2, 0.25) is 0 Å². The minimum absolute atomic E-state index is 0.135. The topological polar surface area (TPSA) is 55.6 Å². The van der Waals surface area contributed by atoms with E-state index in [4.69, 9.17) is 4.74 Å². The summed E-state index contributed by atoms with van der Waals surface area (Å²) in [5.41, 5.74) is 0.784. The fourth-order valence-electron chi connectivity index (χ4n) is 1.75. The van der Waals surface area contributed by atoms with Gasteiger partial charge in [-0.15, -0.1) is 0 Å². The molecule has 0 aromatic heterocycles. The van der Waals surface area contributed by atoms with Gasteiger partial charge in [0.2, 0.25) is 0 Å². The molecule has 0 bridgehead atoms. The van der Waals surface area contributed by atoms with Crippen LogP contribution in [0.25, 0.3) is 0 Å². The Kier molecular flexibility index (Phi) is 3.40. The Hall–Kier alpha value is -1.14. The molecule has 1 aliphatic heterocycles. The Labute approximate surface area is 101 Å². The van der Waals surface area contributed by atoms with E-state index in [2.05, 4.69) is 15.9 Å². The maximum absolute atomic E-state index is 10.9. The van der Waals surface area contributed by atoms with Gasteiger partial charge in [0.1, 0.15) is 5.69 Å². The molecule has 1 heterocycles. The molecule has 0 amide bonds. The van der Waals surface area contributed by atoms with E-state index >= 15 is 0 Å². The van der Waals surface area contributed by atoms with E-state index in [0.29, 0.717) is 32.0 Å². The van der Waals surface area contributed by atoms with Gasteiger partial charge in [-0.3, -0.25) is 10.1 Å². The molecule has 1 aromatic rings. The van der Waals surface area contributed by atoms with Crippen molar-refractivity contribution in [2.75, 3.05) is 31.2 Å². The van der Waals surface area contributed by atoms with Crippen LogP contribution in [0, 0.1) is 10.1 Å². The molecule has 0 radical (unpaired) electrons. The van der Waals surface area contributed by atoms with E-state index in [9.17, 15) is 10.1 Å². The van der Waals surface area contributed by atoms with Crippen LogP contribution >= 0.6 is 15.9 Å². The van der Waals surface area contributed by atoms with Crippen molar-refractivity contribution in [3.8, 4) is 0 Å². The molecule has 0 N–H and O–H groups in total. The normalized spacial score (nSPS) is 16.2. The van der Waals surface area contributed by atoms with Crippen LogP contribution in [-0.2, 0) is 4.74 Å². The molecule has 1 aliphatic rings. The zero-order chi connectivity index (χ0) is 11.5. The summed E-state index contributed by atoms with van der Waals surface area (Å²) < 4.78 is 5.99. The average Bonchev–Trinajstić information content (AvgIpc) is 2.29. The molecule has 0 unspecified atom stereocenters. The van der Waals surface area contributed by atoms with Crippen molar-refractivity contribution in [3.63, 3.8) is 0 Å². The standard InChI is InChI=1S/C10H11BrN2O3/c11-8-2-1-3-9(13(14)15)10(8)12-4-6-16-7-5-12/h1-3H,4-7H2. The van der Waals surface area contributed by atoms with E-state index in [0.717, 1.165) is 4.47 Å². The van der Waals surface area contributed by atoms with Crippen LogP contribution in [0.5, 0.6) is 0 Å². The third-order valence-corrected chi connectivity index (χ3v) is 3.13. The number of benzene rings is 1. The lowest BCUT2D eigenvalue weighted by molar-refractivity contribution is -0.384. The Morgan fingerprint density at radius 2 is 2.06 bits per heavy atom. The van der Waals surface area contributed by atoms with E-state index in [1.165, 1.54) is 6.07 Å². The Bertz CT molecular complexity index is 405. The van der Waals surface area contributed by atoms with Gasteiger partial charge in [0.25, 0.3) is 5.69 Å². The van der Waals surface area contributed by atoms with Gasteiger partial charge in [-0.1, -0.05) is 6.07 Å². The third kappa shape index (κ3) is 2.17. The Balaban J connectivity index is 2.40. The summed E-state index contributed by atoms with van der Waals surface area (Å²) in [6.07, 6.45) is 0. The lowest BCUT2D eigenvalue weighted by atomic mass is 10.2. The molecule has 6 heteroatoms. The average molecular weight is 287 g/mol. The molecule has 1 saturated heterocycles. The summed E-state index contributed by atoms with van der Waals surface area (Å²) in [6, 6.07) is 5.01. The lowest BCUT2D eigenvalue weighted by Crippen LogP contribution is -2.36. The number of ether oxygens (including phenoxy) is 1. The predicted octanol–water partition coefficient (Wildman–Crippen LogP) is 2.19. The second-order valence-electron chi connectivity index (χ2n) is 3.46. The molecule has 0 atom stereocenters. The first-order valence-electron chi connectivity index (χ1n) is 4.96. The molecule has 0 spiro atoms. The molecular formula is C10H11BrN2O3. The van der Waals surface area contributed by atoms with Gasteiger partial charge >= 0.3 is 0 Å². The van der Waals surface area contributed by atoms with Gasteiger partial charge in [-0.2, -0.15) is 0 Å². The zero-order valence-electron chi connectivity index (χ0n) is 8.56. The van der Waals surface area contributed by atoms with Gasteiger partial charge in [-0.05, 0) is 22.0 Å². The van der Waals surface area contributed by atoms with Crippen molar-refractivity contribution < 1.29 is 9.66 Å². The largest absolute Gasteiger partial charge is 0.378 e. The number of para-hydroxylation sites is 1. The van der Waals surface area contributed by atoms with Crippen LogP contribution in [0.4, 0.5) is 11.4 Å². The van der Waals surface area contributed by atoms with Crippen molar-refractivity contribution >= 4 is 27.3 Å². The van der Waals surface area contributed by atoms with Crippen LogP contribution in [0.1, 0.15) is 0 Å². The molecular weight excluding hydrogens is 276 g/mol. The van der Waals surface area contributed by atoms with Gasteiger partial charge < -0.3 is 9.64 Å². The van der Waals surface area contributed by atoms with Crippen molar-refractivity contribution in [1.29, 1.82) is 0 Å². The van der Waals surface area contributed by atoms with Gasteiger partial charge in [0.05, 0.1) is 18.1 Å². The number of morpholine rings is 1. The van der Waals surface area contributed by atoms with Crippen molar-refractivity contribution in [2.24, 2.45) is 0 Å². The lowest BCUT2D eigenvalue weighted by Gasteiger charge is -2.29. The van der Waals surface area contributed by atoms with Crippen molar-refractivity contribution in [1.82, 2.24) is 0 Å². The van der Waals surface area contributed by atoms with Gasteiger partial charge in [-0.25, -0.2) is 0 Å². The fraction of sp³-hybridized carbons (Fsp3) is 0.400. The molecule has 1 aromatic carbocycles. The number of hydrogen-bond donors (Lipinski definition) is 0. The highest BCUT2D eigenvalue weighted by Crippen LogP contribution is 2.35. The first-order chi connectivity index (χ1) is 7.70. The van der Waals surface area contributed by atoms with E-state index in [-0.39, 0.29) is 10.6 Å². The van der Waals surface area contributed by atoms with Crippen LogP contribution in [0.3, 0.4) is 0 Å². The number of halogens is 1. The second-order valence-corrected chi connectivity index (χ2v) is 4.32. The van der Waals surface area contributed by atoms with Crippen molar-refractivity contribution in [2.45, 2.75) is 0 Å². The van der Waals surface area contributed by atoms with Crippen LogP contribution < -0.4 is 4.90 Å². The first kappa shape index (κ1) is 11.3. The predicted molar refractivity (Wildman–Crippen MR) is 63.8 cm³/mol. The minimum atomic E-state index is -0.352. The second kappa shape index (κ2) is 4.80. The summed E-state index contributed by atoms with van der Waals surface area (Å²) in [5.74, 6) is 0. The Morgan fingerprint density at radius 1 is 1.38 bits per heavy atom. The summed E-state index contributed by atoms with van der Waals surface area (Å²) in [7, 11) is 0. The van der Waals surface area contributed by atoms with E-state index in [1.807, 2.05) is 11.0 Å². The highest BCUT2D eigenvalue weighted by molar-refractivity contribution is 9.10. The zero-order valence-corrected chi connectivity index (χ0v) is 10.1. The Morgan fingerprint density at radius 3 is 2.69 bits per heavy atom. The molecule has 86 valence electrons. The minimum Gasteiger partial charge on any atom is -0.378 e. The monoisotopic (exact) mass is 286 g/mol. The maximum atomic E-state index is 10.9. The number of rotatable bonds is 2. The molecule has 16 heavy (non-hydrogen) atoms. The van der Waals surface area contributed by atoms with Crippen LogP contribution in [-0.4, -0.2) is 31.2 Å². The summed E-state index contributed by atoms with van der Waals surface area (Å²) in [6.45, 7) is 2.59. The molecule has 0 saturated carbocycles. The molecule has 2 rings (SSSR count). The SMILES string of the molecule is O=[N+]([O-])c1cccc(Br)c1N1CCOCC1.